The minimum atomic E-state index is -0.418. The highest BCUT2D eigenvalue weighted by Gasteiger charge is 2.30. The second kappa shape index (κ2) is 6.83. The van der Waals surface area contributed by atoms with Crippen LogP contribution in [0.1, 0.15) is 26.3 Å². The summed E-state index contributed by atoms with van der Waals surface area (Å²) in [5, 5.41) is 2.46. The number of aromatic nitrogens is 1. The SMILES string of the molecule is [B]c1c([B])c([B])c2c(c1[B])c1c([B])c([B])c([B])c3c4c(C(C)(C)C)c([B])c([B])c([B])c4n2c13. The van der Waals surface area contributed by atoms with Gasteiger partial charge in [-0.3, -0.25) is 0 Å². The van der Waals surface area contributed by atoms with Crippen LogP contribution in [-0.2, 0) is 5.41 Å². The Hall–Kier alpha value is -1.89. The molecule has 33 heavy (non-hydrogen) atoms. The van der Waals surface area contributed by atoms with Gasteiger partial charge in [-0.25, -0.2) is 0 Å². The quantitative estimate of drug-likeness (QED) is 0.230. The Balaban J connectivity index is 2.36. The highest BCUT2D eigenvalue weighted by atomic mass is 14.9. The summed E-state index contributed by atoms with van der Waals surface area (Å²) in [4.78, 5) is 0. The first-order valence-corrected chi connectivity index (χ1v) is 10.3. The molecular weight excluding hydrogens is 386 g/mol. The van der Waals surface area contributed by atoms with E-state index in [4.69, 9.17) is 78.5 Å². The number of benzene rings is 3. The van der Waals surface area contributed by atoms with E-state index in [0.29, 0.717) is 43.6 Å². The van der Waals surface area contributed by atoms with Crippen molar-refractivity contribution in [2.75, 3.05) is 0 Å². The molecule has 2 heterocycles. The van der Waals surface area contributed by atoms with E-state index in [1.165, 1.54) is 0 Å². The molecule has 0 atom stereocenters. The summed E-state index contributed by atoms with van der Waals surface area (Å²) in [6, 6.07) is 0. The molecule has 1 nitrogen and oxygen atoms in total. The average Bonchev–Trinajstić information content (AvgIpc) is 3.24. The van der Waals surface area contributed by atoms with Crippen molar-refractivity contribution in [2.45, 2.75) is 26.2 Å². The molecular formula is C22H9B10N. The topological polar surface area (TPSA) is 4.41 Å². The maximum absolute atomic E-state index is 6.58. The highest BCUT2D eigenvalue weighted by molar-refractivity contribution is 6.71. The van der Waals surface area contributed by atoms with E-state index in [1.807, 2.05) is 25.2 Å². The van der Waals surface area contributed by atoms with Gasteiger partial charge >= 0.3 is 0 Å². The standard InChI is InChI=1S/C22H9B10N/c1-22(2,3)8-4-5-9(23)13(27)10(24)6-7-11(25)14(28)16(30)18(32)21(7)33(19(5)6)20(4)17(31)15(29)12(8)26/h1-3H3. The molecule has 11 heteroatoms. The summed E-state index contributed by atoms with van der Waals surface area (Å²) in [5.74, 6) is 0. The first kappa shape index (κ1) is 22.9. The maximum atomic E-state index is 6.58. The van der Waals surface area contributed by atoms with Crippen molar-refractivity contribution in [2.24, 2.45) is 0 Å². The van der Waals surface area contributed by atoms with Crippen molar-refractivity contribution in [1.82, 2.24) is 4.40 Å². The fourth-order valence-electron chi connectivity index (χ4n) is 5.21. The lowest BCUT2D eigenvalue weighted by molar-refractivity contribution is 0.600. The molecule has 132 valence electrons. The Kier molecular flexibility index (Phi) is 4.74. The van der Waals surface area contributed by atoms with Crippen molar-refractivity contribution in [3.05, 3.63) is 5.56 Å². The van der Waals surface area contributed by atoms with Crippen LogP contribution in [0.2, 0.25) is 0 Å². The molecule has 3 aromatic carbocycles. The van der Waals surface area contributed by atoms with Crippen LogP contribution in [0.5, 0.6) is 0 Å². The van der Waals surface area contributed by atoms with Gasteiger partial charge in [0.05, 0.1) is 5.52 Å². The Morgan fingerprint density at radius 3 is 1.21 bits per heavy atom. The lowest BCUT2D eigenvalue weighted by atomic mass is 9.62. The third kappa shape index (κ3) is 2.58. The fourth-order valence-corrected chi connectivity index (χ4v) is 5.21. The van der Waals surface area contributed by atoms with Gasteiger partial charge < -0.3 is 4.40 Å². The van der Waals surface area contributed by atoms with E-state index in [1.54, 1.807) is 0 Å². The van der Waals surface area contributed by atoms with Crippen LogP contribution in [0.4, 0.5) is 0 Å². The van der Waals surface area contributed by atoms with Gasteiger partial charge in [-0.2, -0.15) is 0 Å². The van der Waals surface area contributed by atoms with Gasteiger partial charge in [0, 0.05) is 27.2 Å². The van der Waals surface area contributed by atoms with Crippen LogP contribution >= 0.6 is 0 Å². The lowest BCUT2D eigenvalue weighted by Crippen LogP contribution is -2.48. The third-order valence-electron chi connectivity index (χ3n) is 6.74. The summed E-state index contributed by atoms with van der Waals surface area (Å²) in [7, 11) is 64.3. The Morgan fingerprint density at radius 1 is 0.394 bits per heavy atom. The molecule has 0 bridgehead atoms. The van der Waals surface area contributed by atoms with Crippen LogP contribution in [0, 0.1) is 0 Å². The van der Waals surface area contributed by atoms with E-state index in [0.717, 1.165) is 10.9 Å². The van der Waals surface area contributed by atoms with Crippen molar-refractivity contribution >= 4 is 171 Å². The lowest BCUT2D eigenvalue weighted by Gasteiger charge is -2.27. The minimum Gasteiger partial charge on any atom is -0.309 e. The largest absolute Gasteiger partial charge is 0.309 e. The van der Waals surface area contributed by atoms with Gasteiger partial charge in [0.25, 0.3) is 0 Å². The van der Waals surface area contributed by atoms with Gasteiger partial charge in [-0.15, -0.1) is 21.9 Å². The second-order valence-electron chi connectivity index (χ2n) is 9.64. The Bertz CT molecular complexity index is 1690. The molecule has 2 aromatic heterocycles. The molecule has 0 aliphatic carbocycles. The molecule has 0 N–H and O–H groups in total. The van der Waals surface area contributed by atoms with E-state index in [-0.39, 0.29) is 43.7 Å². The molecule has 5 rings (SSSR count). The number of nitrogens with zero attached hydrogens (tertiary/aromatic N) is 1. The molecule has 0 spiro atoms. The normalized spacial score (nSPS) is 12.7. The third-order valence-corrected chi connectivity index (χ3v) is 6.74. The van der Waals surface area contributed by atoms with Crippen molar-refractivity contribution < 1.29 is 0 Å². The summed E-state index contributed by atoms with van der Waals surface area (Å²) in [5.41, 5.74) is 4.58. The summed E-state index contributed by atoms with van der Waals surface area (Å²) >= 11 is 0. The van der Waals surface area contributed by atoms with E-state index in [9.17, 15) is 0 Å². The van der Waals surface area contributed by atoms with Crippen LogP contribution in [0.15, 0.2) is 0 Å². The molecule has 0 fully saturated rings. The molecule has 5 aromatic rings. The van der Waals surface area contributed by atoms with E-state index < -0.39 is 5.41 Å². The first-order chi connectivity index (χ1) is 15.2. The van der Waals surface area contributed by atoms with Crippen LogP contribution in [-0.4, -0.2) is 82.9 Å². The zero-order valence-corrected chi connectivity index (χ0v) is 18.7. The summed E-state index contributed by atoms with van der Waals surface area (Å²) in [6.07, 6.45) is 0. The maximum Gasteiger partial charge on any atom is 0.115 e. The van der Waals surface area contributed by atoms with Crippen LogP contribution in [0.3, 0.4) is 0 Å². The highest BCUT2D eigenvalue weighted by Crippen LogP contribution is 2.38. The molecule has 20 radical (unpaired) electrons. The number of hydrogen-bond donors (Lipinski definition) is 0. The van der Waals surface area contributed by atoms with E-state index in [2.05, 4.69) is 0 Å². The number of hydrogen-bond acceptors (Lipinski definition) is 0. The summed E-state index contributed by atoms with van der Waals surface area (Å²) in [6.45, 7) is 6.08. The predicted octanol–water partition coefficient (Wildman–Crippen LogP) is -5.93. The van der Waals surface area contributed by atoms with Gasteiger partial charge in [-0.1, -0.05) is 53.5 Å². The minimum absolute atomic E-state index is 0.159. The zero-order chi connectivity index (χ0) is 24.5. The van der Waals surface area contributed by atoms with Crippen LogP contribution < -0.4 is 54.6 Å². The van der Waals surface area contributed by atoms with Crippen LogP contribution in [0.25, 0.3) is 38.1 Å². The van der Waals surface area contributed by atoms with Gasteiger partial charge in [0.1, 0.15) is 78.5 Å². The Labute approximate surface area is 207 Å². The number of fused-ring (bicyclic) bond motifs is 6. The van der Waals surface area contributed by atoms with Crippen molar-refractivity contribution in [1.29, 1.82) is 0 Å². The summed E-state index contributed by atoms with van der Waals surface area (Å²) < 4.78 is 1.85. The second-order valence-corrected chi connectivity index (χ2v) is 9.64. The average molecular weight is 395 g/mol. The van der Waals surface area contributed by atoms with E-state index >= 15 is 0 Å². The monoisotopic (exact) mass is 397 g/mol. The Morgan fingerprint density at radius 2 is 0.727 bits per heavy atom. The molecule has 0 aliphatic rings. The molecule has 0 saturated carbocycles. The molecule has 0 unspecified atom stereocenters. The fraction of sp³-hybridized carbons (Fsp3) is 0.182. The smallest absolute Gasteiger partial charge is 0.115 e. The molecule has 0 saturated heterocycles. The molecule has 0 aliphatic heterocycles. The van der Waals surface area contributed by atoms with Gasteiger partial charge in [-0.05, 0) is 16.4 Å². The van der Waals surface area contributed by atoms with Gasteiger partial charge in [0.15, 0.2) is 0 Å². The van der Waals surface area contributed by atoms with Gasteiger partial charge in [0.2, 0.25) is 0 Å². The molecule has 0 amide bonds. The predicted molar refractivity (Wildman–Crippen MR) is 154 cm³/mol. The number of rotatable bonds is 0. The van der Waals surface area contributed by atoms with Crippen molar-refractivity contribution in [3.8, 4) is 0 Å². The van der Waals surface area contributed by atoms with Crippen molar-refractivity contribution in [3.63, 3.8) is 0 Å². The first-order valence-electron chi connectivity index (χ1n) is 10.3. The zero-order valence-electron chi connectivity index (χ0n) is 18.7.